The number of hydrogen-bond donors (Lipinski definition) is 1. The number of nitrogens with one attached hydrogen (secondary N) is 1. The molecule has 0 spiro atoms. The Morgan fingerprint density at radius 2 is 2.50 bits per heavy atom. The van der Waals surface area contributed by atoms with Crippen molar-refractivity contribution in [3.63, 3.8) is 0 Å². The van der Waals surface area contributed by atoms with Crippen molar-refractivity contribution >= 4 is 5.70 Å². The number of rotatable bonds is 2. The van der Waals surface area contributed by atoms with Crippen LogP contribution in [0.2, 0.25) is 0 Å². The molecule has 3 nitrogen and oxygen atoms in total. The molecule has 0 atom stereocenters. The molecule has 14 heavy (non-hydrogen) atoms. The average molecular weight is 187 g/mol. The fourth-order valence-corrected chi connectivity index (χ4v) is 1.26. The molecule has 0 aliphatic carbocycles. The van der Waals surface area contributed by atoms with E-state index in [9.17, 15) is 0 Å². The number of methoxy groups -OCH3 is 1. The highest BCUT2D eigenvalue weighted by Crippen LogP contribution is 2.16. The van der Waals surface area contributed by atoms with E-state index in [2.05, 4.69) is 16.4 Å². The van der Waals surface area contributed by atoms with Gasteiger partial charge in [0.05, 0.1) is 18.5 Å². The first-order valence-corrected chi connectivity index (χ1v) is 4.42. The van der Waals surface area contributed by atoms with Gasteiger partial charge in [0.1, 0.15) is 5.75 Å². The molecule has 1 aliphatic heterocycles. The van der Waals surface area contributed by atoms with Gasteiger partial charge in [-0.15, -0.1) is 0 Å². The number of hydrogen-bond acceptors (Lipinski definition) is 3. The number of aromatic nitrogens is 1. The quantitative estimate of drug-likeness (QED) is 0.759. The monoisotopic (exact) mass is 187 g/mol. The van der Waals surface area contributed by atoms with Crippen molar-refractivity contribution in [1.29, 1.82) is 0 Å². The maximum Gasteiger partial charge on any atom is 0.122 e. The number of pyridine rings is 1. The normalized spacial score (nSPS) is 14.5. The standard InChI is InChI=1S/C11H11N2O/c1-14-9-5-7-13-11(8-9)10-4-2-3-6-12-10/h3-5,7-8,12H,6H2,1H3. The highest BCUT2D eigenvalue weighted by atomic mass is 16.5. The van der Waals surface area contributed by atoms with Crippen LogP contribution in [0.15, 0.2) is 30.5 Å². The van der Waals surface area contributed by atoms with Gasteiger partial charge in [-0.1, -0.05) is 6.08 Å². The molecule has 1 aliphatic rings. The Bertz CT molecular complexity index is 383. The third kappa shape index (κ3) is 1.76. The maximum absolute atomic E-state index is 5.12. The summed E-state index contributed by atoms with van der Waals surface area (Å²) in [5.41, 5.74) is 1.86. The van der Waals surface area contributed by atoms with Gasteiger partial charge in [-0.3, -0.25) is 4.98 Å². The summed E-state index contributed by atoms with van der Waals surface area (Å²) < 4.78 is 5.12. The van der Waals surface area contributed by atoms with Crippen LogP contribution >= 0.6 is 0 Å². The van der Waals surface area contributed by atoms with E-state index in [1.165, 1.54) is 0 Å². The highest BCUT2D eigenvalue weighted by molar-refractivity contribution is 5.63. The molecule has 3 heteroatoms. The second-order valence-corrected chi connectivity index (χ2v) is 2.89. The number of ether oxygens (including phenoxy) is 1. The Morgan fingerprint density at radius 1 is 1.57 bits per heavy atom. The molecule has 1 aromatic heterocycles. The summed E-state index contributed by atoms with van der Waals surface area (Å²) in [7, 11) is 1.65. The molecule has 0 fully saturated rings. The van der Waals surface area contributed by atoms with Gasteiger partial charge in [-0.05, 0) is 18.2 Å². The van der Waals surface area contributed by atoms with Crippen LogP contribution in [0, 0.1) is 6.08 Å². The third-order valence-electron chi connectivity index (χ3n) is 1.98. The van der Waals surface area contributed by atoms with Crippen LogP contribution in [0.3, 0.4) is 0 Å². The van der Waals surface area contributed by atoms with Gasteiger partial charge < -0.3 is 10.1 Å². The number of dihydropyridines is 1. The second-order valence-electron chi connectivity index (χ2n) is 2.89. The van der Waals surface area contributed by atoms with Gasteiger partial charge in [0.2, 0.25) is 0 Å². The van der Waals surface area contributed by atoms with Crippen molar-refractivity contribution in [2.24, 2.45) is 0 Å². The first-order valence-electron chi connectivity index (χ1n) is 4.42. The summed E-state index contributed by atoms with van der Waals surface area (Å²) in [5.74, 6) is 0.812. The van der Waals surface area contributed by atoms with Gasteiger partial charge in [0.25, 0.3) is 0 Å². The van der Waals surface area contributed by atoms with Crippen molar-refractivity contribution in [3.8, 4) is 5.75 Å². The summed E-state index contributed by atoms with van der Waals surface area (Å²) in [4.78, 5) is 4.25. The zero-order chi connectivity index (χ0) is 9.80. The Balaban J connectivity index is 2.31. The molecule has 0 unspecified atom stereocenters. The number of allylic oxidation sites excluding steroid dienone is 2. The summed E-state index contributed by atoms with van der Waals surface area (Å²) in [6, 6.07) is 3.72. The Kier molecular flexibility index (Phi) is 2.49. The first kappa shape index (κ1) is 8.81. The van der Waals surface area contributed by atoms with E-state index in [1.54, 1.807) is 13.3 Å². The van der Waals surface area contributed by atoms with Gasteiger partial charge in [0.15, 0.2) is 0 Å². The molecule has 0 bridgehead atoms. The molecular formula is C11H11N2O. The van der Waals surface area contributed by atoms with E-state index in [-0.39, 0.29) is 0 Å². The third-order valence-corrected chi connectivity index (χ3v) is 1.98. The molecule has 1 N–H and O–H groups in total. The van der Waals surface area contributed by atoms with Crippen molar-refractivity contribution in [2.45, 2.75) is 0 Å². The lowest BCUT2D eigenvalue weighted by Gasteiger charge is -2.11. The average Bonchev–Trinajstić information content (AvgIpc) is 2.30. The van der Waals surface area contributed by atoms with E-state index < -0.39 is 0 Å². The van der Waals surface area contributed by atoms with Crippen LogP contribution in [0.25, 0.3) is 5.70 Å². The Labute approximate surface area is 83.1 Å². The Hall–Kier alpha value is -1.77. The lowest BCUT2D eigenvalue weighted by Crippen LogP contribution is -2.15. The van der Waals surface area contributed by atoms with Crippen LogP contribution in [-0.2, 0) is 0 Å². The SMILES string of the molecule is COc1ccnc(C2=C[C]=CCN2)c1. The minimum Gasteiger partial charge on any atom is -0.497 e. The molecule has 0 saturated heterocycles. The van der Waals surface area contributed by atoms with Crippen molar-refractivity contribution in [1.82, 2.24) is 10.3 Å². The summed E-state index contributed by atoms with van der Waals surface area (Å²) >= 11 is 0. The smallest absolute Gasteiger partial charge is 0.122 e. The van der Waals surface area contributed by atoms with Crippen molar-refractivity contribution < 1.29 is 4.74 Å². The van der Waals surface area contributed by atoms with Gasteiger partial charge in [0, 0.05) is 18.8 Å². The van der Waals surface area contributed by atoms with Crippen molar-refractivity contribution in [3.05, 3.63) is 42.3 Å². The molecule has 0 saturated carbocycles. The van der Waals surface area contributed by atoms with Gasteiger partial charge in [-0.2, -0.15) is 0 Å². The minimum atomic E-state index is 0.796. The van der Waals surface area contributed by atoms with Crippen LogP contribution < -0.4 is 10.1 Å². The van der Waals surface area contributed by atoms with E-state index in [0.717, 1.165) is 23.7 Å². The van der Waals surface area contributed by atoms with E-state index in [1.807, 2.05) is 24.3 Å². The first-order chi connectivity index (χ1) is 6.90. The number of nitrogens with zero attached hydrogens (tertiary/aromatic N) is 1. The van der Waals surface area contributed by atoms with Crippen LogP contribution in [0.1, 0.15) is 5.69 Å². The largest absolute Gasteiger partial charge is 0.497 e. The topological polar surface area (TPSA) is 34.1 Å². The molecule has 0 aromatic carbocycles. The highest BCUT2D eigenvalue weighted by Gasteiger charge is 2.04. The molecular weight excluding hydrogens is 176 g/mol. The predicted molar refractivity (Wildman–Crippen MR) is 54.6 cm³/mol. The van der Waals surface area contributed by atoms with Gasteiger partial charge in [-0.25, -0.2) is 0 Å². The summed E-state index contributed by atoms with van der Waals surface area (Å²) in [6.07, 6.45) is 8.59. The molecule has 0 amide bonds. The zero-order valence-electron chi connectivity index (χ0n) is 7.95. The van der Waals surface area contributed by atoms with Crippen molar-refractivity contribution in [2.75, 3.05) is 13.7 Å². The van der Waals surface area contributed by atoms with E-state index >= 15 is 0 Å². The Morgan fingerprint density at radius 3 is 3.21 bits per heavy atom. The van der Waals surface area contributed by atoms with Crippen LogP contribution in [-0.4, -0.2) is 18.6 Å². The van der Waals surface area contributed by atoms with Gasteiger partial charge >= 0.3 is 0 Å². The molecule has 2 heterocycles. The minimum absolute atomic E-state index is 0.796. The second kappa shape index (κ2) is 3.96. The lowest BCUT2D eigenvalue weighted by atomic mass is 10.2. The summed E-state index contributed by atoms with van der Waals surface area (Å²) in [5, 5.41) is 3.21. The lowest BCUT2D eigenvalue weighted by molar-refractivity contribution is 0.414. The van der Waals surface area contributed by atoms with E-state index in [4.69, 9.17) is 4.74 Å². The van der Waals surface area contributed by atoms with E-state index in [0.29, 0.717) is 0 Å². The van der Waals surface area contributed by atoms with Crippen LogP contribution in [0.4, 0.5) is 0 Å². The zero-order valence-corrected chi connectivity index (χ0v) is 7.95. The molecule has 71 valence electrons. The summed E-state index contributed by atoms with van der Waals surface area (Å²) in [6.45, 7) is 0.796. The molecule has 1 radical (unpaired) electrons. The molecule has 1 aromatic rings. The maximum atomic E-state index is 5.12. The predicted octanol–water partition coefficient (Wildman–Crippen LogP) is 1.39. The van der Waals surface area contributed by atoms with Crippen LogP contribution in [0.5, 0.6) is 5.75 Å². The fourth-order valence-electron chi connectivity index (χ4n) is 1.26. The molecule has 2 rings (SSSR count). The fraction of sp³-hybridized carbons (Fsp3) is 0.182.